The number of nitrogens with two attached hydrogens (primary N) is 1. The minimum absolute atomic E-state index is 0.0524. The second-order valence-corrected chi connectivity index (χ2v) is 6.94. The average molecular weight is 363 g/mol. The first-order chi connectivity index (χ1) is 11.9. The fourth-order valence-electron chi connectivity index (χ4n) is 2.42. The van der Waals surface area contributed by atoms with Crippen LogP contribution < -0.4 is 10.6 Å². The Morgan fingerprint density at radius 1 is 1.20 bits per heavy atom. The highest BCUT2D eigenvalue weighted by atomic mass is 32.1. The molecule has 1 heterocycles. The van der Waals surface area contributed by atoms with Crippen LogP contribution in [-0.4, -0.2) is 36.9 Å². The van der Waals surface area contributed by atoms with Crippen molar-refractivity contribution in [2.45, 2.75) is 19.9 Å². The van der Waals surface area contributed by atoms with Crippen LogP contribution >= 0.6 is 11.3 Å². The van der Waals surface area contributed by atoms with E-state index in [1.54, 1.807) is 11.3 Å². The number of aryl methyl sites for hydroxylation is 1. The van der Waals surface area contributed by atoms with Crippen molar-refractivity contribution >= 4 is 28.8 Å². The Hall–Kier alpha value is -2.25. The van der Waals surface area contributed by atoms with E-state index in [-0.39, 0.29) is 31.2 Å². The Bertz CT molecular complexity index is 730. The number of amides is 2. The Morgan fingerprint density at radius 3 is 2.44 bits per heavy atom. The number of anilines is 1. The van der Waals surface area contributed by atoms with Crippen LogP contribution in [0.15, 0.2) is 35.7 Å². The first kappa shape index (κ1) is 19.1. The van der Waals surface area contributed by atoms with Crippen LogP contribution in [0, 0.1) is 12.7 Å². The molecule has 5 nitrogen and oxygen atoms in total. The van der Waals surface area contributed by atoms with E-state index >= 15 is 0 Å². The lowest BCUT2D eigenvalue weighted by Crippen LogP contribution is -2.40. The van der Waals surface area contributed by atoms with Gasteiger partial charge in [0.15, 0.2) is 0 Å². The Labute approximate surface area is 150 Å². The minimum atomic E-state index is -0.484. The van der Waals surface area contributed by atoms with E-state index in [1.807, 2.05) is 30.3 Å². The summed E-state index contributed by atoms with van der Waals surface area (Å²) >= 11 is 1.66. The summed E-state index contributed by atoms with van der Waals surface area (Å²) in [5.41, 5.74) is 6.96. The topological polar surface area (TPSA) is 66.6 Å². The van der Waals surface area contributed by atoms with Gasteiger partial charge in [-0.05, 0) is 55.2 Å². The van der Waals surface area contributed by atoms with Crippen LogP contribution in [0.4, 0.5) is 10.1 Å². The number of primary amides is 1. The lowest BCUT2D eigenvalue weighted by atomic mass is 10.2. The molecule has 0 spiro atoms. The van der Waals surface area contributed by atoms with Crippen molar-refractivity contribution in [3.63, 3.8) is 0 Å². The van der Waals surface area contributed by atoms with E-state index in [9.17, 15) is 14.0 Å². The molecule has 0 aliphatic rings. The maximum Gasteiger partial charge on any atom is 0.241 e. The molecule has 0 bridgehead atoms. The molecular formula is C18H22FN3O2S. The lowest BCUT2D eigenvalue weighted by molar-refractivity contribution is -0.119. The van der Waals surface area contributed by atoms with E-state index in [0.29, 0.717) is 12.2 Å². The van der Waals surface area contributed by atoms with Crippen molar-refractivity contribution in [3.05, 3.63) is 52.0 Å². The second-order valence-electron chi connectivity index (χ2n) is 5.94. The SMILES string of the molecule is Cc1ccsc1CN(C)CC(=O)N(CCC(N)=O)c1ccc(F)cc1. The van der Waals surface area contributed by atoms with Crippen LogP contribution in [0.2, 0.25) is 0 Å². The molecular weight excluding hydrogens is 341 g/mol. The number of carbonyl (C=O) groups is 2. The highest BCUT2D eigenvalue weighted by molar-refractivity contribution is 7.10. The van der Waals surface area contributed by atoms with Gasteiger partial charge in [-0.15, -0.1) is 11.3 Å². The maximum absolute atomic E-state index is 13.1. The van der Waals surface area contributed by atoms with Gasteiger partial charge in [-0.1, -0.05) is 0 Å². The molecule has 2 aromatic rings. The number of nitrogens with zero attached hydrogens (tertiary/aromatic N) is 2. The number of hydrogen-bond acceptors (Lipinski definition) is 4. The molecule has 7 heteroatoms. The minimum Gasteiger partial charge on any atom is -0.370 e. The molecule has 0 fully saturated rings. The monoisotopic (exact) mass is 363 g/mol. The van der Waals surface area contributed by atoms with Gasteiger partial charge < -0.3 is 10.6 Å². The largest absolute Gasteiger partial charge is 0.370 e. The van der Waals surface area contributed by atoms with Crippen LogP contribution in [0.25, 0.3) is 0 Å². The second kappa shape index (κ2) is 8.73. The summed E-state index contributed by atoms with van der Waals surface area (Å²) in [5.74, 6) is -1.02. The average Bonchev–Trinajstić information content (AvgIpc) is 2.93. The van der Waals surface area contributed by atoms with Crippen molar-refractivity contribution < 1.29 is 14.0 Å². The summed E-state index contributed by atoms with van der Waals surface area (Å²) in [6.07, 6.45) is 0.0524. The van der Waals surface area contributed by atoms with E-state index in [4.69, 9.17) is 5.73 Å². The zero-order valence-corrected chi connectivity index (χ0v) is 15.2. The molecule has 0 radical (unpaired) electrons. The van der Waals surface area contributed by atoms with Crippen LogP contribution in [-0.2, 0) is 16.1 Å². The smallest absolute Gasteiger partial charge is 0.241 e. The van der Waals surface area contributed by atoms with Crippen LogP contribution in [0.1, 0.15) is 16.9 Å². The molecule has 1 aromatic heterocycles. The van der Waals surface area contributed by atoms with Crippen LogP contribution in [0.5, 0.6) is 0 Å². The zero-order valence-electron chi connectivity index (χ0n) is 14.4. The normalized spacial score (nSPS) is 10.9. The Kier molecular flexibility index (Phi) is 6.66. The highest BCUT2D eigenvalue weighted by Crippen LogP contribution is 2.19. The quantitative estimate of drug-likeness (QED) is 0.784. The van der Waals surface area contributed by atoms with Crippen molar-refractivity contribution in [2.75, 3.05) is 25.0 Å². The summed E-state index contributed by atoms with van der Waals surface area (Å²) in [5, 5.41) is 2.03. The van der Waals surface area contributed by atoms with E-state index < -0.39 is 5.91 Å². The highest BCUT2D eigenvalue weighted by Gasteiger charge is 2.19. The molecule has 2 N–H and O–H groups in total. The van der Waals surface area contributed by atoms with E-state index in [2.05, 4.69) is 0 Å². The number of rotatable bonds is 8. The van der Waals surface area contributed by atoms with Crippen molar-refractivity contribution in [1.29, 1.82) is 0 Å². The number of carbonyl (C=O) groups excluding carboxylic acids is 2. The molecule has 0 saturated heterocycles. The molecule has 0 saturated carbocycles. The number of likely N-dealkylation sites (N-methyl/N-ethyl adjacent to an activating group) is 1. The Balaban J connectivity index is 2.07. The summed E-state index contributed by atoms with van der Waals surface area (Å²) < 4.78 is 13.1. The summed E-state index contributed by atoms with van der Waals surface area (Å²) in [7, 11) is 1.87. The Morgan fingerprint density at radius 2 is 1.88 bits per heavy atom. The van der Waals surface area contributed by atoms with Crippen molar-refractivity contribution in [3.8, 4) is 0 Å². The number of benzene rings is 1. The molecule has 0 unspecified atom stereocenters. The molecule has 2 rings (SSSR count). The van der Waals surface area contributed by atoms with Crippen molar-refractivity contribution in [2.24, 2.45) is 5.73 Å². The predicted molar refractivity (Wildman–Crippen MR) is 98.0 cm³/mol. The first-order valence-corrected chi connectivity index (χ1v) is 8.80. The molecule has 2 amide bonds. The van der Waals surface area contributed by atoms with Gasteiger partial charge in [0.05, 0.1) is 6.54 Å². The third kappa shape index (κ3) is 5.65. The number of hydrogen-bond donors (Lipinski definition) is 1. The van der Waals surface area contributed by atoms with E-state index in [0.717, 1.165) is 0 Å². The third-order valence-corrected chi connectivity index (χ3v) is 4.82. The van der Waals surface area contributed by atoms with Gasteiger partial charge in [0.25, 0.3) is 0 Å². The zero-order chi connectivity index (χ0) is 18.4. The standard InChI is InChI=1S/C18H22FN3O2S/c1-13-8-10-25-16(13)11-21(2)12-18(24)22(9-7-17(20)23)15-5-3-14(19)4-6-15/h3-6,8,10H,7,9,11-12H2,1-2H3,(H2,20,23). The molecule has 1 aromatic carbocycles. The maximum atomic E-state index is 13.1. The number of halogens is 1. The lowest BCUT2D eigenvalue weighted by Gasteiger charge is -2.25. The van der Waals surface area contributed by atoms with Gasteiger partial charge in [-0.25, -0.2) is 4.39 Å². The molecule has 0 aliphatic carbocycles. The molecule has 0 atom stereocenters. The van der Waals surface area contributed by atoms with E-state index in [1.165, 1.54) is 39.6 Å². The summed E-state index contributed by atoms with van der Waals surface area (Å²) in [4.78, 5) is 28.4. The molecule has 25 heavy (non-hydrogen) atoms. The van der Waals surface area contributed by atoms with Gasteiger partial charge >= 0.3 is 0 Å². The summed E-state index contributed by atoms with van der Waals surface area (Å²) in [6.45, 7) is 3.07. The molecule has 0 aliphatic heterocycles. The number of thiophene rings is 1. The fourth-order valence-corrected chi connectivity index (χ4v) is 3.41. The van der Waals surface area contributed by atoms with Gasteiger partial charge in [-0.3, -0.25) is 14.5 Å². The van der Waals surface area contributed by atoms with Gasteiger partial charge in [-0.2, -0.15) is 0 Å². The van der Waals surface area contributed by atoms with Crippen LogP contribution in [0.3, 0.4) is 0 Å². The third-order valence-electron chi connectivity index (χ3n) is 3.81. The van der Waals surface area contributed by atoms with Gasteiger partial charge in [0.2, 0.25) is 11.8 Å². The predicted octanol–water partition coefficient (Wildman–Crippen LogP) is 2.54. The fraction of sp³-hybridized carbons (Fsp3) is 0.333. The molecule has 134 valence electrons. The van der Waals surface area contributed by atoms with Gasteiger partial charge in [0, 0.05) is 30.1 Å². The van der Waals surface area contributed by atoms with Crippen molar-refractivity contribution in [1.82, 2.24) is 4.90 Å². The summed E-state index contributed by atoms with van der Waals surface area (Å²) in [6, 6.07) is 7.68. The first-order valence-electron chi connectivity index (χ1n) is 7.92. The van der Waals surface area contributed by atoms with Gasteiger partial charge in [0.1, 0.15) is 5.82 Å².